The molecule has 0 aromatic heterocycles. The second-order valence-electron chi connectivity index (χ2n) is 3.95. The minimum Gasteiger partial charge on any atom is -0.326 e. The Morgan fingerprint density at radius 3 is 2.76 bits per heavy atom. The number of halogens is 1. The lowest BCUT2D eigenvalue weighted by molar-refractivity contribution is -0.134. The van der Waals surface area contributed by atoms with Gasteiger partial charge in [-0.15, -0.1) is 12.4 Å². The van der Waals surface area contributed by atoms with Gasteiger partial charge in [-0.05, 0) is 17.5 Å². The van der Waals surface area contributed by atoms with E-state index in [1.165, 1.54) is 0 Å². The van der Waals surface area contributed by atoms with Crippen LogP contribution in [0.4, 0.5) is 0 Å². The smallest absolute Gasteiger partial charge is 0.234 e. The molecule has 2 amide bonds. The molecule has 3 N–H and O–H groups in total. The zero-order valence-electron chi connectivity index (χ0n) is 9.31. The van der Waals surface area contributed by atoms with Crippen molar-refractivity contribution in [1.29, 1.82) is 0 Å². The molecule has 0 saturated carbocycles. The lowest BCUT2D eigenvalue weighted by atomic mass is 9.90. The molecule has 1 atom stereocenters. The van der Waals surface area contributed by atoms with Crippen molar-refractivity contribution in [3.8, 4) is 0 Å². The molecule has 1 unspecified atom stereocenters. The van der Waals surface area contributed by atoms with Crippen LogP contribution < -0.4 is 11.1 Å². The zero-order valence-corrected chi connectivity index (χ0v) is 10.1. The topological polar surface area (TPSA) is 72.2 Å². The van der Waals surface area contributed by atoms with E-state index in [4.69, 9.17) is 5.73 Å². The number of imide groups is 1. The van der Waals surface area contributed by atoms with Crippen molar-refractivity contribution < 1.29 is 9.59 Å². The molecule has 5 heteroatoms. The quantitative estimate of drug-likeness (QED) is 0.776. The maximum Gasteiger partial charge on any atom is 0.234 e. The van der Waals surface area contributed by atoms with Gasteiger partial charge < -0.3 is 5.73 Å². The molecule has 1 aromatic carbocycles. The molecule has 1 aliphatic heterocycles. The fourth-order valence-electron chi connectivity index (χ4n) is 1.95. The Labute approximate surface area is 106 Å². The van der Waals surface area contributed by atoms with E-state index in [-0.39, 0.29) is 30.1 Å². The van der Waals surface area contributed by atoms with Gasteiger partial charge >= 0.3 is 0 Å². The SMILES string of the molecule is Cl.NCc1cccc(C2CCC(=O)NC2=O)c1. The van der Waals surface area contributed by atoms with Crippen molar-refractivity contribution in [3.63, 3.8) is 0 Å². The molecular formula is C12H15ClN2O2. The lowest BCUT2D eigenvalue weighted by Gasteiger charge is -2.21. The van der Waals surface area contributed by atoms with E-state index in [1.54, 1.807) is 0 Å². The molecule has 0 aliphatic carbocycles. The molecule has 2 rings (SSSR count). The van der Waals surface area contributed by atoms with Crippen molar-refractivity contribution in [3.05, 3.63) is 35.4 Å². The highest BCUT2D eigenvalue weighted by Crippen LogP contribution is 2.25. The average Bonchev–Trinajstić information content (AvgIpc) is 2.29. The third-order valence-electron chi connectivity index (χ3n) is 2.83. The number of carbonyl (C=O) groups excluding carboxylic acids is 2. The standard InChI is InChI=1S/C12H14N2O2.ClH/c13-7-8-2-1-3-9(6-8)10-4-5-11(15)14-12(10)16;/h1-3,6,10H,4-5,7,13H2,(H,14,15,16);1H. The van der Waals surface area contributed by atoms with Gasteiger partial charge in [-0.3, -0.25) is 14.9 Å². The molecule has 1 aliphatic rings. The Bertz CT molecular complexity index is 434. The Kier molecular flexibility index (Phi) is 4.66. The number of piperidine rings is 1. The summed E-state index contributed by atoms with van der Waals surface area (Å²) in [7, 11) is 0. The Hall–Kier alpha value is -1.39. The molecule has 0 spiro atoms. The van der Waals surface area contributed by atoms with Crippen LogP contribution in [-0.2, 0) is 16.1 Å². The highest BCUT2D eigenvalue weighted by Gasteiger charge is 2.27. The number of hydrogen-bond donors (Lipinski definition) is 2. The van der Waals surface area contributed by atoms with Gasteiger partial charge in [0, 0.05) is 13.0 Å². The van der Waals surface area contributed by atoms with E-state index in [1.807, 2.05) is 24.3 Å². The van der Waals surface area contributed by atoms with Crippen LogP contribution in [0.2, 0.25) is 0 Å². The van der Waals surface area contributed by atoms with E-state index in [0.29, 0.717) is 19.4 Å². The normalized spacial score (nSPS) is 19.5. The van der Waals surface area contributed by atoms with Crippen LogP contribution in [0.25, 0.3) is 0 Å². The first-order chi connectivity index (χ1) is 7.70. The number of amides is 2. The van der Waals surface area contributed by atoms with Gasteiger partial charge in [-0.1, -0.05) is 24.3 Å². The third kappa shape index (κ3) is 3.05. The summed E-state index contributed by atoms with van der Waals surface area (Å²) in [4.78, 5) is 22.7. The molecule has 17 heavy (non-hydrogen) atoms. The summed E-state index contributed by atoms with van der Waals surface area (Å²) in [5.41, 5.74) is 7.49. The van der Waals surface area contributed by atoms with Gasteiger partial charge in [-0.25, -0.2) is 0 Å². The number of benzene rings is 1. The number of nitrogens with two attached hydrogens (primary N) is 1. The van der Waals surface area contributed by atoms with Crippen LogP contribution >= 0.6 is 12.4 Å². The summed E-state index contributed by atoms with van der Waals surface area (Å²) in [6.45, 7) is 0.459. The fourth-order valence-corrected chi connectivity index (χ4v) is 1.95. The fraction of sp³-hybridized carbons (Fsp3) is 0.333. The predicted octanol–water partition coefficient (Wildman–Crippen LogP) is 1.09. The van der Waals surface area contributed by atoms with Gasteiger partial charge in [0.15, 0.2) is 0 Å². The Morgan fingerprint density at radius 1 is 1.35 bits per heavy atom. The van der Waals surface area contributed by atoms with E-state index < -0.39 is 0 Å². The number of hydrogen-bond acceptors (Lipinski definition) is 3. The highest BCUT2D eigenvalue weighted by molar-refractivity contribution is 6.00. The van der Waals surface area contributed by atoms with Crippen molar-refractivity contribution in [2.75, 3.05) is 0 Å². The van der Waals surface area contributed by atoms with Crippen molar-refractivity contribution in [2.24, 2.45) is 5.73 Å². The summed E-state index contributed by atoms with van der Waals surface area (Å²) in [6, 6.07) is 7.65. The van der Waals surface area contributed by atoms with Gasteiger partial charge in [0.2, 0.25) is 11.8 Å². The van der Waals surface area contributed by atoms with Gasteiger partial charge in [0.05, 0.1) is 5.92 Å². The Morgan fingerprint density at radius 2 is 2.12 bits per heavy atom. The molecule has 0 radical (unpaired) electrons. The third-order valence-corrected chi connectivity index (χ3v) is 2.83. The Balaban J connectivity index is 0.00000144. The van der Waals surface area contributed by atoms with E-state index in [9.17, 15) is 9.59 Å². The largest absolute Gasteiger partial charge is 0.326 e. The van der Waals surface area contributed by atoms with Crippen LogP contribution in [0.15, 0.2) is 24.3 Å². The first kappa shape index (κ1) is 13.7. The molecular weight excluding hydrogens is 240 g/mol. The monoisotopic (exact) mass is 254 g/mol. The summed E-state index contributed by atoms with van der Waals surface area (Å²) < 4.78 is 0. The minimum absolute atomic E-state index is 0. The molecule has 1 fully saturated rings. The molecule has 1 aromatic rings. The van der Waals surface area contributed by atoms with Gasteiger partial charge in [0.25, 0.3) is 0 Å². The van der Waals surface area contributed by atoms with Crippen molar-refractivity contribution >= 4 is 24.2 Å². The van der Waals surface area contributed by atoms with Gasteiger partial charge in [0.1, 0.15) is 0 Å². The summed E-state index contributed by atoms with van der Waals surface area (Å²) in [6.07, 6.45) is 0.988. The van der Waals surface area contributed by atoms with Crippen molar-refractivity contribution in [1.82, 2.24) is 5.32 Å². The number of nitrogens with one attached hydrogen (secondary N) is 1. The van der Waals surface area contributed by atoms with Crippen molar-refractivity contribution in [2.45, 2.75) is 25.3 Å². The minimum atomic E-state index is -0.218. The molecule has 0 bridgehead atoms. The molecule has 1 heterocycles. The summed E-state index contributed by atoms with van der Waals surface area (Å²) in [5.74, 6) is -0.606. The van der Waals surface area contributed by atoms with E-state index >= 15 is 0 Å². The van der Waals surface area contributed by atoms with Crippen LogP contribution in [-0.4, -0.2) is 11.8 Å². The van der Waals surface area contributed by atoms with E-state index in [0.717, 1.165) is 11.1 Å². The lowest BCUT2D eigenvalue weighted by Crippen LogP contribution is -2.39. The van der Waals surface area contributed by atoms with Crippen LogP contribution in [0, 0.1) is 0 Å². The highest BCUT2D eigenvalue weighted by atomic mass is 35.5. The molecule has 1 saturated heterocycles. The number of carbonyl (C=O) groups is 2. The first-order valence-electron chi connectivity index (χ1n) is 5.33. The van der Waals surface area contributed by atoms with Crippen LogP contribution in [0.1, 0.15) is 29.9 Å². The molecule has 4 nitrogen and oxygen atoms in total. The second kappa shape index (κ2) is 5.80. The maximum atomic E-state index is 11.6. The predicted molar refractivity (Wildman–Crippen MR) is 66.7 cm³/mol. The average molecular weight is 255 g/mol. The summed E-state index contributed by atoms with van der Waals surface area (Å²) >= 11 is 0. The molecule has 92 valence electrons. The summed E-state index contributed by atoms with van der Waals surface area (Å²) in [5, 5.41) is 2.36. The number of rotatable bonds is 2. The van der Waals surface area contributed by atoms with Crippen LogP contribution in [0.5, 0.6) is 0 Å². The zero-order chi connectivity index (χ0) is 11.5. The van der Waals surface area contributed by atoms with Crippen LogP contribution in [0.3, 0.4) is 0 Å². The van der Waals surface area contributed by atoms with E-state index in [2.05, 4.69) is 5.32 Å². The second-order valence-corrected chi connectivity index (χ2v) is 3.95. The van der Waals surface area contributed by atoms with Gasteiger partial charge in [-0.2, -0.15) is 0 Å². The maximum absolute atomic E-state index is 11.6. The first-order valence-corrected chi connectivity index (χ1v) is 5.33.